The minimum Gasteiger partial charge on any atom is -0.491 e. The first-order valence-corrected chi connectivity index (χ1v) is 7.77. The zero-order valence-corrected chi connectivity index (χ0v) is 14.1. The maximum absolute atomic E-state index is 5.76. The van der Waals surface area contributed by atoms with E-state index in [0.29, 0.717) is 18.3 Å². The summed E-state index contributed by atoms with van der Waals surface area (Å²) in [6.45, 7) is 7.41. The fourth-order valence-corrected chi connectivity index (χ4v) is 2.40. The maximum Gasteiger partial charge on any atom is 0.170 e. The SMILES string of the molecule is Cc1cccc(NC(=S)NCCOc2ccc(C)cc2C)c1. The van der Waals surface area contributed by atoms with Crippen molar-refractivity contribution in [2.45, 2.75) is 20.8 Å². The van der Waals surface area contributed by atoms with Gasteiger partial charge in [0, 0.05) is 5.69 Å². The smallest absolute Gasteiger partial charge is 0.170 e. The molecule has 0 aliphatic rings. The molecular weight excluding hydrogens is 292 g/mol. The Labute approximate surface area is 137 Å². The molecule has 22 heavy (non-hydrogen) atoms. The van der Waals surface area contributed by atoms with Crippen molar-refractivity contribution >= 4 is 23.0 Å². The van der Waals surface area contributed by atoms with Gasteiger partial charge < -0.3 is 15.4 Å². The Morgan fingerprint density at radius 2 is 1.82 bits per heavy atom. The molecule has 0 bridgehead atoms. The monoisotopic (exact) mass is 314 g/mol. The normalized spacial score (nSPS) is 10.1. The molecule has 0 heterocycles. The second kappa shape index (κ2) is 7.80. The van der Waals surface area contributed by atoms with Crippen LogP contribution in [0.3, 0.4) is 0 Å². The standard InChI is InChI=1S/C18H22N2OS/c1-13-5-4-6-16(12-13)20-18(22)19-9-10-21-17-8-7-14(2)11-15(17)3/h4-8,11-12H,9-10H2,1-3H3,(H2,19,20,22). The summed E-state index contributed by atoms with van der Waals surface area (Å²) in [6, 6.07) is 14.3. The quantitative estimate of drug-likeness (QED) is 0.646. The molecule has 2 aromatic carbocycles. The van der Waals surface area contributed by atoms with E-state index >= 15 is 0 Å². The second-order valence-corrected chi connectivity index (χ2v) is 5.78. The third-order valence-electron chi connectivity index (χ3n) is 3.25. The zero-order valence-electron chi connectivity index (χ0n) is 13.3. The van der Waals surface area contributed by atoms with Crippen LogP contribution < -0.4 is 15.4 Å². The van der Waals surface area contributed by atoms with Gasteiger partial charge in [0.15, 0.2) is 5.11 Å². The molecule has 4 heteroatoms. The van der Waals surface area contributed by atoms with Gasteiger partial charge in [0.1, 0.15) is 12.4 Å². The van der Waals surface area contributed by atoms with Crippen LogP contribution in [0.5, 0.6) is 5.75 Å². The highest BCUT2D eigenvalue weighted by Crippen LogP contribution is 2.18. The lowest BCUT2D eigenvalue weighted by Gasteiger charge is -2.13. The van der Waals surface area contributed by atoms with Crippen molar-refractivity contribution in [3.05, 3.63) is 59.2 Å². The van der Waals surface area contributed by atoms with Gasteiger partial charge in [0.25, 0.3) is 0 Å². The Bertz CT molecular complexity index is 655. The van der Waals surface area contributed by atoms with Gasteiger partial charge in [-0.2, -0.15) is 0 Å². The lowest BCUT2D eigenvalue weighted by molar-refractivity contribution is 0.320. The van der Waals surface area contributed by atoms with Gasteiger partial charge >= 0.3 is 0 Å². The second-order valence-electron chi connectivity index (χ2n) is 5.37. The first-order valence-electron chi connectivity index (χ1n) is 7.36. The Balaban J connectivity index is 1.73. The Morgan fingerprint density at radius 3 is 2.55 bits per heavy atom. The van der Waals surface area contributed by atoms with E-state index in [4.69, 9.17) is 17.0 Å². The molecule has 0 amide bonds. The molecule has 0 unspecified atom stereocenters. The number of aryl methyl sites for hydroxylation is 3. The molecule has 0 radical (unpaired) electrons. The Kier molecular flexibility index (Phi) is 5.78. The van der Waals surface area contributed by atoms with E-state index in [1.54, 1.807) is 0 Å². The lowest BCUT2D eigenvalue weighted by Crippen LogP contribution is -2.32. The molecule has 0 atom stereocenters. The molecule has 0 aromatic heterocycles. The van der Waals surface area contributed by atoms with Gasteiger partial charge in [-0.25, -0.2) is 0 Å². The van der Waals surface area contributed by atoms with Crippen LogP contribution in [0.4, 0.5) is 5.69 Å². The number of benzene rings is 2. The molecule has 0 aliphatic heterocycles. The first kappa shape index (κ1) is 16.3. The highest BCUT2D eigenvalue weighted by atomic mass is 32.1. The summed E-state index contributed by atoms with van der Waals surface area (Å²) in [4.78, 5) is 0. The molecule has 3 nitrogen and oxygen atoms in total. The van der Waals surface area contributed by atoms with Crippen molar-refractivity contribution in [2.75, 3.05) is 18.5 Å². The van der Waals surface area contributed by atoms with Crippen molar-refractivity contribution < 1.29 is 4.74 Å². The molecule has 0 saturated carbocycles. The fraction of sp³-hybridized carbons (Fsp3) is 0.278. The van der Waals surface area contributed by atoms with Crippen molar-refractivity contribution in [1.82, 2.24) is 5.32 Å². The van der Waals surface area contributed by atoms with Gasteiger partial charge in [0.05, 0.1) is 6.54 Å². The van der Waals surface area contributed by atoms with Crippen molar-refractivity contribution in [3.8, 4) is 5.75 Å². The summed E-state index contributed by atoms with van der Waals surface area (Å²) in [5.74, 6) is 0.921. The average Bonchev–Trinajstić information content (AvgIpc) is 2.45. The number of thiocarbonyl (C=S) groups is 1. The molecule has 0 saturated heterocycles. The van der Waals surface area contributed by atoms with Gasteiger partial charge in [-0.3, -0.25) is 0 Å². The van der Waals surface area contributed by atoms with Crippen LogP contribution in [0.1, 0.15) is 16.7 Å². The van der Waals surface area contributed by atoms with Gasteiger partial charge in [-0.05, 0) is 62.3 Å². The molecule has 2 aromatic rings. The highest BCUT2D eigenvalue weighted by Gasteiger charge is 2.00. The predicted octanol–water partition coefficient (Wildman–Crippen LogP) is 3.98. The van der Waals surface area contributed by atoms with E-state index in [9.17, 15) is 0 Å². The van der Waals surface area contributed by atoms with E-state index in [2.05, 4.69) is 55.7 Å². The Morgan fingerprint density at radius 1 is 1.05 bits per heavy atom. The third-order valence-corrected chi connectivity index (χ3v) is 3.50. The lowest BCUT2D eigenvalue weighted by atomic mass is 10.1. The van der Waals surface area contributed by atoms with Crippen LogP contribution >= 0.6 is 12.2 Å². The molecular formula is C18H22N2OS. The molecule has 2 N–H and O–H groups in total. The fourth-order valence-electron chi connectivity index (χ4n) is 2.18. The summed E-state index contributed by atoms with van der Waals surface area (Å²) in [5, 5.41) is 6.92. The van der Waals surface area contributed by atoms with E-state index in [0.717, 1.165) is 17.0 Å². The zero-order chi connectivity index (χ0) is 15.9. The summed E-state index contributed by atoms with van der Waals surface area (Å²) in [7, 11) is 0. The molecule has 2 rings (SSSR count). The number of nitrogens with one attached hydrogen (secondary N) is 2. The van der Waals surface area contributed by atoms with E-state index < -0.39 is 0 Å². The third kappa shape index (κ3) is 5.04. The van der Waals surface area contributed by atoms with Gasteiger partial charge in [-0.1, -0.05) is 29.8 Å². The van der Waals surface area contributed by atoms with Crippen LogP contribution in [0, 0.1) is 20.8 Å². The van der Waals surface area contributed by atoms with Crippen LogP contribution in [-0.2, 0) is 0 Å². The van der Waals surface area contributed by atoms with Crippen molar-refractivity contribution in [3.63, 3.8) is 0 Å². The molecule has 116 valence electrons. The van der Waals surface area contributed by atoms with Crippen molar-refractivity contribution in [2.24, 2.45) is 0 Å². The summed E-state index contributed by atoms with van der Waals surface area (Å²) >= 11 is 5.27. The Hall–Kier alpha value is -2.07. The maximum atomic E-state index is 5.76. The topological polar surface area (TPSA) is 33.3 Å². The largest absolute Gasteiger partial charge is 0.491 e. The van der Waals surface area contributed by atoms with Crippen molar-refractivity contribution in [1.29, 1.82) is 0 Å². The number of hydrogen-bond donors (Lipinski definition) is 2. The van der Waals surface area contributed by atoms with Gasteiger partial charge in [0.2, 0.25) is 0 Å². The highest BCUT2D eigenvalue weighted by molar-refractivity contribution is 7.80. The van der Waals surface area contributed by atoms with Crippen LogP contribution in [0.25, 0.3) is 0 Å². The number of rotatable bonds is 5. The average molecular weight is 314 g/mol. The number of anilines is 1. The summed E-state index contributed by atoms with van der Waals surface area (Å²) in [6.07, 6.45) is 0. The van der Waals surface area contributed by atoms with Crippen LogP contribution in [0.15, 0.2) is 42.5 Å². The number of ether oxygens (including phenoxy) is 1. The minimum atomic E-state index is 0.569. The summed E-state index contributed by atoms with van der Waals surface area (Å²) in [5.41, 5.74) is 4.59. The minimum absolute atomic E-state index is 0.569. The summed E-state index contributed by atoms with van der Waals surface area (Å²) < 4.78 is 5.76. The molecule has 0 fully saturated rings. The predicted molar refractivity (Wildman–Crippen MR) is 96.8 cm³/mol. The molecule has 0 aliphatic carbocycles. The van der Waals surface area contributed by atoms with Crippen LogP contribution in [0.2, 0.25) is 0 Å². The number of hydrogen-bond acceptors (Lipinski definition) is 2. The van der Waals surface area contributed by atoms with E-state index in [1.165, 1.54) is 11.1 Å². The van der Waals surface area contributed by atoms with E-state index in [-0.39, 0.29) is 0 Å². The van der Waals surface area contributed by atoms with Crippen LogP contribution in [-0.4, -0.2) is 18.3 Å². The van der Waals surface area contributed by atoms with Gasteiger partial charge in [-0.15, -0.1) is 0 Å². The first-order chi connectivity index (χ1) is 10.5. The van der Waals surface area contributed by atoms with E-state index in [1.807, 2.05) is 18.2 Å². The molecule has 0 spiro atoms.